The molecular weight excluding hydrogens is 198 g/mol. The van der Waals surface area contributed by atoms with Crippen LogP contribution in [0.4, 0.5) is 0 Å². The molecule has 0 aromatic carbocycles. The van der Waals surface area contributed by atoms with Gasteiger partial charge in [-0.05, 0) is 39.7 Å². The Balaban J connectivity index is 3.40. The normalized spacial score (nSPS) is 14.1. The van der Waals surface area contributed by atoms with Crippen molar-refractivity contribution >= 4 is 0 Å². The Bertz CT molecular complexity index is 178. The lowest BCUT2D eigenvalue weighted by molar-refractivity contribution is 0.137. The fourth-order valence-corrected chi connectivity index (χ4v) is 1.71. The van der Waals surface area contributed by atoms with Crippen LogP contribution in [0.25, 0.3) is 0 Å². The molecule has 0 unspecified atom stereocenters. The maximum atomic E-state index is 9.34. The van der Waals surface area contributed by atoms with Crippen molar-refractivity contribution in [1.82, 2.24) is 5.32 Å². The predicted octanol–water partition coefficient (Wildman–Crippen LogP) is 3.61. The molecule has 2 nitrogen and oxygen atoms in total. The Kier molecular flexibility index (Phi) is 10.9. The highest BCUT2D eigenvalue weighted by Gasteiger charge is 1.99. The first-order chi connectivity index (χ1) is 7.70. The fraction of sp³-hybridized carbons (Fsp3) is 0.857. The van der Waals surface area contributed by atoms with E-state index in [0.29, 0.717) is 0 Å². The SMILES string of the molecule is CCCCCCC/C=C(\C)CC[C@H](O)NC. The lowest BCUT2D eigenvalue weighted by Crippen LogP contribution is -2.23. The van der Waals surface area contributed by atoms with Gasteiger partial charge in [0.1, 0.15) is 6.23 Å². The molecule has 0 aliphatic heterocycles. The summed E-state index contributed by atoms with van der Waals surface area (Å²) in [5, 5.41) is 12.2. The van der Waals surface area contributed by atoms with Crippen LogP contribution in [0.3, 0.4) is 0 Å². The number of hydrogen-bond acceptors (Lipinski definition) is 2. The quantitative estimate of drug-likeness (QED) is 0.339. The van der Waals surface area contributed by atoms with Crippen LogP contribution in [0, 0.1) is 0 Å². The number of hydrogen-bond donors (Lipinski definition) is 2. The van der Waals surface area contributed by atoms with Gasteiger partial charge < -0.3 is 5.11 Å². The van der Waals surface area contributed by atoms with E-state index in [1.807, 2.05) is 0 Å². The summed E-state index contributed by atoms with van der Waals surface area (Å²) in [6.07, 6.45) is 11.7. The van der Waals surface area contributed by atoms with E-state index in [0.717, 1.165) is 12.8 Å². The van der Waals surface area contributed by atoms with Crippen molar-refractivity contribution in [2.45, 2.75) is 71.4 Å². The van der Waals surface area contributed by atoms with Crippen molar-refractivity contribution in [3.63, 3.8) is 0 Å². The smallest absolute Gasteiger partial charge is 0.104 e. The summed E-state index contributed by atoms with van der Waals surface area (Å²) in [4.78, 5) is 0. The maximum Gasteiger partial charge on any atom is 0.104 e. The molecule has 0 fully saturated rings. The number of nitrogens with one attached hydrogen (secondary N) is 1. The standard InChI is InChI=1S/C14H29NO/c1-4-5-6-7-8-9-10-13(2)11-12-14(16)15-3/h10,14-16H,4-9,11-12H2,1-3H3/b13-10+/t14-/m0/s1. The molecule has 2 heteroatoms. The van der Waals surface area contributed by atoms with Gasteiger partial charge in [-0.3, -0.25) is 5.32 Å². The minimum absolute atomic E-state index is 0.354. The van der Waals surface area contributed by atoms with Crippen LogP contribution in [-0.2, 0) is 0 Å². The zero-order valence-electron chi connectivity index (χ0n) is 11.3. The molecule has 0 saturated heterocycles. The van der Waals surface area contributed by atoms with Crippen molar-refractivity contribution in [3.8, 4) is 0 Å². The third-order valence-electron chi connectivity index (χ3n) is 2.95. The largest absolute Gasteiger partial charge is 0.379 e. The van der Waals surface area contributed by atoms with Gasteiger partial charge in [-0.1, -0.05) is 44.3 Å². The van der Waals surface area contributed by atoms with Crippen LogP contribution in [0.2, 0.25) is 0 Å². The predicted molar refractivity (Wildman–Crippen MR) is 71.4 cm³/mol. The van der Waals surface area contributed by atoms with Crippen LogP contribution in [-0.4, -0.2) is 18.4 Å². The number of unbranched alkanes of at least 4 members (excludes halogenated alkanes) is 5. The maximum absolute atomic E-state index is 9.34. The van der Waals surface area contributed by atoms with Gasteiger partial charge in [0, 0.05) is 0 Å². The average Bonchev–Trinajstić information content (AvgIpc) is 2.30. The molecule has 0 aromatic heterocycles. The third kappa shape index (κ3) is 10.2. The average molecular weight is 227 g/mol. The van der Waals surface area contributed by atoms with Gasteiger partial charge in [0.2, 0.25) is 0 Å². The highest BCUT2D eigenvalue weighted by atomic mass is 16.3. The van der Waals surface area contributed by atoms with E-state index in [1.54, 1.807) is 7.05 Å². The van der Waals surface area contributed by atoms with E-state index < -0.39 is 0 Å². The van der Waals surface area contributed by atoms with Gasteiger partial charge in [-0.15, -0.1) is 0 Å². The molecule has 0 aliphatic rings. The Labute approximate surface area is 101 Å². The molecule has 0 spiro atoms. The van der Waals surface area contributed by atoms with Gasteiger partial charge >= 0.3 is 0 Å². The monoisotopic (exact) mass is 227 g/mol. The third-order valence-corrected chi connectivity index (χ3v) is 2.95. The molecule has 0 heterocycles. The van der Waals surface area contributed by atoms with E-state index in [2.05, 4.69) is 25.2 Å². The Morgan fingerprint density at radius 2 is 1.94 bits per heavy atom. The zero-order chi connectivity index (χ0) is 12.2. The van der Waals surface area contributed by atoms with Crippen molar-refractivity contribution in [1.29, 1.82) is 0 Å². The molecule has 1 atom stereocenters. The van der Waals surface area contributed by atoms with Crippen LogP contribution in [0.5, 0.6) is 0 Å². The summed E-state index contributed by atoms with van der Waals surface area (Å²) in [7, 11) is 1.79. The van der Waals surface area contributed by atoms with Gasteiger partial charge in [0.15, 0.2) is 0 Å². The Hall–Kier alpha value is -0.340. The summed E-state index contributed by atoms with van der Waals surface area (Å²) in [6.45, 7) is 4.41. The molecule has 2 N–H and O–H groups in total. The lowest BCUT2D eigenvalue weighted by atomic mass is 10.1. The second kappa shape index (κ2) is 11.2. The van der Waals surface area contributed by atoms with Crippen molar-refractivity contribution in [2.75, 3.05) is 7.05 Å². The molecule has 0 aromatic rings. The van der Waals surface area contributed by atoms with Crippen LogP contribution < -0.4 is 5.32 Å². The first kappa shape index (κ1) is 15.7. The molecule has 16 heavy (non-hydrogen) atoms. The molecular formula is C14H29NO. The summed E-state index contributed by atoms with van der Waals surface area (Å²) in [6, 6.07) is 0. The summed E-state index contributed by atoms with van der Waals surface area (Å²) in [5.74, 6) is 0. The van der Waals surface area contributed by atoms with Gasteiger partial charge in [-0.25, -0.2) is 0 Å². The van der Waals surface area contributed by atoms with Crippen molar-refractivity contribution in [3.05, 3.63) is 11.6 Å². The minimum atomic E-state index is -0.354. The summed E-state index contributed by atoms with van der Waals surface area (Å²) in [5.41, 5.74) is 1.41. The Morgan fingerprint density at radius 3 is 2.56 bits per heavy atom. The topological polar surface area (TPSA) is 32.3 Å². The van der Waals surface area contributed by atoms with Crippen LogP contribution in [0.1, 0.15) is 65.2 Å². The molecule has 96 valence electrons. The molecule has 0 rings (SSSR count). The number of allylic oxidation sites excluding steroid dienone is 2. The molecule has 0 radical (unpaired) electrons. The highest BCUT2D eigenvalue weighted by molar-refractivity contribution is 4.97. The second-order valence-corrected chi connectivity index (χ2v) is 4.60. The molecule has 0 bridgehead atoms. The molecule has 0 aliphatic carbocycles. The van der Waals surface area contributed by atoms with Crippen LogP contribution in [0.15, 0.2) is 11.6 Å². The summed E-state index contributed by atoms with van der Waals surface area (Å²) >= 11 is 0. The van der Waals surface area contributed by atoms with Gasteiger partial charge in [0.05, 0.1) is 0 Å². The lowest BCUT2D eigenvalue weighted by Gasteiger charge is -2.08. The van der Waals surface area contributed by atoms with E-state index in [1.165, 1.54) is 44.1 Å². The van der Waals surface area contributed by atoms with Gasteiger partial charge in [0.25, 0.3) is 0 Å². The number of rotatable bonds is 10. The van der Waals surface area contributed by atoms with E-state index in [4.69, 9.17) is 0 Å². The number of aliphatic hydroxyl groups is 1. The highest BCUT2D eigenvalue weighted by Crippen LogP contribution is 2.10. The van der Waals surface area contributed by atoms with E-state index in [-0.39, 0.29) is 6.23 Å². The zero-order valence-corrected chi connectivity index (χ0v) is 11.3. The minimum Gasteiger partial charge on any atom is -0.379 e. The fourth-order valence-electron chi connectivity index (χ4n) is 1.71. The number of aliphatic hydroxyl groups excluding tert-OH is 1. The molecule has 0 saturated carbocycles. The van der Waals surface area contributed by atoms with Crippen molar-refractivity contribution in [2.24, 2.45) is 0 Å². The Morgan fingerprint density at radius 1 is 1.25 bits per heavy atom. The first-order valence-electron chi connectivity index (χ1n) is 6.71. The molecule has 0 amide bonds. The van der Waals surface area contributed by atoms with Crippen LogP contribution >= 0.6 is 0 Å². The van der Waals surface area contributed by atoms with E-state index >= 15 is 0 Å². The van der Waals surface area contributed by atoms with Crippen molar-refractivity contribution < 1.29 is 5.11 Å². The van der Waals surface area contributed by atoms with E-state index in [9.17, 15) is 5.11 Å². The summed E-state index contributed by atoms with van der Waals surface area (Å²) < 4.78 is 0. The first-order valence-corrected chi connectivity index (χ1v) is 6.71. The van der Waals surface area contributed by atoms with Gasteiger partial charge in [-0.2, -0.15) is 0 Å². The second-order valence-electron chi connectivity index (χ2n) is 4.60.